The molecule has 1 saturated heterocycles. The van der Waals surface area contributed by atoms with Gasteiger partial charge in [-0.1, -0.05) is 6.92 Å². The van der Waals surface area contributed by atoms with Crippen molar-refractivity contribution in [3.63, 3.8) is 0 Å². The van der Waals surface area contributed by atoms with Crippen molar-refractivity contribution >= 4 is 11.9 Å². The molecule has 1 amide bonds. The number of hydrogen-bond acceptors (Lipinski definition) is 5. The van der Waals surface area contributed by atoms with Crippen LogP contribution in [0, 0.1) is 0 Å². The fourth-order valence-corrected chi connectivity index (χ4v) is 2.21. The Morgan fingerprint density at radius 3 is 2.05 bits per heavy atom. The van der Waals surface area contributed by atoms with Gasteiger partial charge in [0, 0.05) is 32.2 Å². The fourth-order valence-electron chi connectivity index (χ4n) is 2.21. The number of nitrogens with one attached hydrogen (secondary N) is 1. The average Bonchev–Trinajstić information content (AvgIpc) is 2.39. The van der Waals surface area contributed by atoms with E-state index in [4.69, 9.17) is 4.74 Å². The van der Waals surface area contributed by atoms with Gasteiger partial charge >= 0.3 is 5.97 Å². The van der Waals surface area contributed by atoms with Gasteiger partial charge < -0.3 is 10.1 Å². The number of nitrogens with zero attached hydrogens (tertiary/aromatic N) is 2. The first-order valence-corrected chi connectivity index (χ1v) is 7.84. The molecule has 1 aliphatic rings. The van der Waals surface area contributed by atoms with E-state index in [1.807, 2.05) is 20.8 Å². The molecule has 21 heavy (non-hydrogen) atoms. The van der Waals surface area contributed by atoms with E-state index in [9.17, 15) is 9.59 Å². The summed E-state index contributed by atoms with van der Waals surface area (Å²) in [6.07, 6.45) is 0.875. The Labute approximate surface area is 127 Å². The normalized spacial score (nSPS) is 18.5. The first-order chi connectivity index (χ1) is 9.90. The van der Waals surface area contributed by atoms with Crippen molar-refractivity contribution in [2.75, 3.05) is 39.3 Å². The second kappa shape index (κ2) is 9.00. The molecule has 0 spiro atoms. The van der Waals surface area contributed by atoms with Crippen molar-refractivity contribution < 1.29 is 14.3 Å². The maximum absolute atomic E-state index is 11.8. The third-order valence-corrected chi connectivity index (χ3v) is 3.57. The third kappa shape index (κ3) is 7.43. The van der Waals surface area contributed by atoms with Gasteiger partial charge in [0.15, 0.2) is 0 Å². The number of esters is 1. The molecular formula is C15H29N3O3. The quantitative estimate of drug-likeness (QED) is 0.693. The van der Waals surface area contributed by atoms with Crippen LogP contribution in [0.5, 0.6) is 0 Å². The van der Waals surface area contributed by atoms with Crippen molar-refractivity contribution in [2.24, 2.45) is 0 Å². The van der Waals surface area contributed by atoms with Crippen LogP contribution < -0.4 is 5.32 Å². The van der Waals surface area contributed by atoms with Gasteiger partial charge in [-0.3, -0.25) is 19.4 Å². The molecule has 1 atom stereocenters. The van der Waals surface area contributed by atoms with E-state index < -0.39 is 0 Å². The SMILES string of the molecule is CCC(C)NC(=O)CN1CCN(CC(=O)OC(C)C)CC1. The topological polar surface area (TPSA) is 61.9 Å². The predicted molar refractivity (Wildman–Crippen MR) is 82.0 cm³/mol. The van der Waals surface area contributed by atoms with E-state index in [-0.39, 0.29) is 24.0 Å². The van der Waals surface area contributed by atoms with Crippen molar-refractivity contribution in [1.29, 1.82) is 0 Å². The zero-order chi connectivity index (χ0) is 15.8. The molecule has 0 aliphatic carbocycles. The Morgan fingerprint density at radius 1 is 1.05 bits per heavy atom. The van der Waals surface area contributed by atoms with E-state index in [1.54, 1.807) is 0 Å². The molecule has 6 nitrogen and oxygen atoms in total. The van der Waals surface area contributed by atoms with Gasteiger partial charge in [-0.2, -0.15) is 0 Å². The molecule has 0 saturated carbocycles. The van der Waals surface area contributed by atoms with E-state index in [1.165, 1.54) is 0 Å². The highest BCUT2D eigenvalue weighted by atomic mass is 16.5. The lowest BCUT2D eigenvalue weighted by Crippen LogP contribution is -2.51. The second-order valence-electron chi connectivity index (χ2n) is 5.97. The molecule has 1 fully saturated rings. The van der Waals surface area contributed by atoms with Gasteiger partial charge in [-0.25, -0.2) is 0 Å². The van der Waals surface area contributed by atoms with Crippen molar-refractivity contribution in [1.82, 2.24) is 15.1 Å². The number of amides is 1. The maximum Gasteiger partial charge on any atom is 0.320 e. The number of ether oxygens (including phenoxy) is 1. The molecule has 1 rings (SSSR count). The lowest BCUT2D eigenvalue weighted by Gasteiger charge is -2.33. The fraction of sp³-hybridized carbons (Fsp3) is 0.867. The molecule has 0 aromatic carbocycles. The smallest absolute Gasteiger partial charge is 0.320 e. The molecule has 1 aliphatic heterocycles. The van der Waals surface area contributed by atoms with Crippen LogP contribution >= 0.6 is 0 Å². The average molecular weight is 299 g/mol. The number of rotatable bonds is 7. The summed E-state index contributed by atoms with van der Waals surface area (Å²) in [7, 11) is 0. The molecule has 122 valence electrons. The van der Waals surface area contributed by atoms with Gasteiger partial charge in [-0.05, 0) is 27.2 Å². The van der Waals surface area contributed by atoms with Gasteiger partial charge in [-0.15, -0.1) is 0 Å². The van der Waals surface area contributed by atoms with Crippen LogP contribution in [0.4, 0.5) is 0 Å². The van der Waals surface area contributed by atoms with Crippen LogP contribution in [-0.2, 0) is 14.3 Å². The molecule has 0 bridgehead atoms. The highest BCUT2D eigenvalue weighted by molar-refractivity contribution is 5.78. The van der Waals surface area contributed by atoms with Crippen LogP contribution in [0.25, 0.3) is 0 Å². The summed E-state index contributed by atoms with van der Waals surface area (Å²) in [5.74, 6) is -0.0926. The van der Waals surface area contributed by atoms with Crippen LogP contribution in [0.15, 0.2) is 0 Å². The van der Waals surface area contributed by atoms with Crippen LogP contribution in [0.2, 0.25) is 0 Å². The molecule has 1 N–H and O–H groups in total. The minimum atomic E-state index is -0.173. The Balaban J connectivity index is 2.23. The highest BCUT2D eigenvalue weighted by Gasteiger charge is 2.21. The lowest BCUT2D eigenvalue weighted by atomic mass is 10.2. The lowest BCUT2D eigenvalue weighted by molar-refractivity contribution is -0.149. The molecule has 0 radical (unpaired) electrons. The molecule has 6 heteroatoms. The minimum Gasteiger partial charge on any atom is -0.462 e. The standard InChI is InChI=1S/C15H29N3O3/c1-5-13(4)16-14(19)10-17-6-8-18(9-7-17)11-15(20)21-12(2)3/h12-13H,5-11H2,1-4H3,(H,16,19). The van der Waals surface area contributed by atoms with Gasteiger partial charge in [0.2, 0.25) is 5.91 Å². The number of carbonyl (C=O) groups excluding carboxylic acids is 2. The Hall–Kier alpha value is -1.14. The second-order valence-corrected chi connectivity index (χ2v) is 5.97. The van der Waals surface area contributed by atoms with E-state index in [0.717, 1.165) is 32.6 Å². The summed E-state index contributed by atoms with van der Waals surface area (Å²) >= 11 is 0. The van der Waals surface area contributed by atoms with E-state index in [0.29, 0.717) is 13.1 Å². The minimum absolute atomic E-state index is 0.0666. The van der Waals surface area contributed by atoms with Crippen molar-refractivity contribution in [2.45, 2.75) is 46.3 Å². The Morgan fingerprint density at radius 2 is 1.57 bits per heavy atom. The van der Waals surface area contributed by atoms with Gasteiger partial charge in [0.25, 0.3) is 0 Å². The molecule has 1 unspecified atom stereocenters. The van der Waals surface area contributed by atoms with Gasteiger partial charge in [0.1, 0.15) is 0 Å². The zero-order valence-corrected chi connectivity index (χ0v) is 13.7. The molecular weight excluding hydrogens is 270 g/mol. The summed E-state index contributed by atoms with van der Waals surface area (Å²) in [4.78, 5) is 27.6. The van der Waals surface area contributed by atoms with Gasteiger partial charge in [0.05, 0.1) is 19.2 Å². The first kappa shape index (κ1) is 17.9. The van der Waals surface area contributed by atoms with Crippen molar-refractivity contribution in [3.05, 3.63) is 0 Å². The Bertz CT molecular complexity index is 339. The summed E-state index contributed by atoms with van der Waals surface area (Å²) in [5.41, 5.74) is 0. The first-order valence-electron chi connectivity index (χ1n) is 7.84. The third-order valence-electron chi connectivity index (χ3n) is 3.57. The van der Waals surface area contributed by atoms with Crippen LogP contribution in [0.3, 0.4) is 0 Å². The maximum atomic E-state index is 11.8. The molecule has 1 heterocycles. The van der Waals surface area contributed by atoms with Crippen LogP contribution in [-0.4, -0.2) is 73.1 Å². The van der Waals surface area contributed by atoms with E-state index >= 15 is 0 Å². The monoisotopic (exact) mass is 299 g/mol. The predicted octanol–water partition coefficient (Wildman–Crippen LogP) is 0.470. The van der Waals surface area contributed by atoms with Crippen LogP contribution in [0.1, 0.15) is 34.1 Å². The van der Waals surface area contributed by atoms with Crippen molar-refractivity contribution in [3.8, 4) is 0 Å². The largest absolute Gasteiger partial charge is 0.462 e. The number of piperazine rings is 1. The summed E-state index contributed by atoms with van der Waals surface area (Å²) in [5, 5.41) is 2.97. The number of hydrogen-bond donors (Lipinski definition) is 1. The summed E-state index contributed by atoms with van der Waals surface area (Å²) < 4.78 is 5.14. The number of carbonyl (C=O) groups is 2. The van der Waals surface area contributed by atoms with E-state index in [2.05, 4.69) is 22.0 Å². The molecule has 0 aromatic heterocycles. The molecule has 0 aromatic rings. The Kier molecular flexibility index (Phi) is 7.67. The summed E-state index contributed by atoms with van der Waals surface area (Å²) in [6.45, 7) is 11.8. The highest BCUT2D eigenvalue weighted by Crippen LogP contribution is 2.02. The summed E-state index contributed by atoms with van der Waals surface area (Å²) in [6, 6.07) is 0.226. The zero-order valence-electron chi connectivity index (χ0n) is 13.7.